The number of hydrogen-bond donors (Lipinski definition) is 2. The molecule has 2 N–H and O–H groups in total. The highest BCUT2D eigenvalue weighted by Crippen LogP contribution is 2.23. The number of hydrogen-bond acceptors (Lipinski definition) is 2. The number of benzene rings is 1. The third-order valence-electron chi connectivity index (χ3n) is 3.92. The van der Waals surface area contributed by atoms with Crippen molar-refractivity contribution in [3.8, 4) is 0 Å². The molecule has 0 aliphatic carbocycles. The summed E-state index contributed by atoms with van der Waals surface area (Å²) in [7, 11) is 0. The van der Waals surface area contributed by atoms with Gasteiger partial charge in [0.2, 0.25) is 0 Å². The van der Waals surface area contributed by atoms with Gasteiger partial charge in [0.15, 0.2) is 0 Å². The van der Waals surface area contributed by atoms with Crippen LogP contribution < -0.4 is 5.32 Å². The summed E-state index contributed by atoms with van der Waals surface area (Å²) in [6.07, 6.45) is 3.01. The van der Waals surface area contributed by atoms with Gasteiger partial charge in [0, 0.05) is 18.3 Å². The van der Waals surface area contributed by atoms with Gasteiger partial charge in [-0.05, 0) is 43.9 Å². The van der Waals surface area contributed by atoms with Gasteiger partial charge in [-0.15, -0.1) is 0 Å². The van der Waals surface area contributed by atoms with E-state index in [0.717, 1.165) is 25.8 Å². The van der Waals surface area contributed by atoms with Crippen LogP contribution in [0.1, 0.15) is 42.1 Å². The molecule has 1 fully saturated rings. The van der Waals surface area contributed by atoms with Crippen LogP contribution in [-0.4, -0.2) is 34.6 Å². The molecule has 0 aromatic heterocycles. The van der Waals surface area contributed by atoms with E-state index in [-0.39, 0.29) is 17.6 Å². The van der Waals surface area contributed by atoms with Crippen molar-refractivity contribution >= 4 is 17.7 Å². The van der Waals surface area contributed by atoms with Crippen molar-refractivity contribution in [1.29, 1.82) is 0 Å². The average Bonchev–Trinajstić information content (AvgIpc) is 2.89. The Morgan fingerprint density at radius 3 is 2.85 bits per heavy atom. The molecule has 1 saturated heterocycles. The Morgan fingerprint density at radius 2 is 2.20 bits per heavy atom. The van der Waals surface area contributed by atoms with Gasteiger partial charge in [0.05, 0.1) is 5.56 Å². The maximum Gasteiger partial charge on any atom is 0.336 e. The molecular formula is C15H20N2O3. The Bertz CT molecular complexity index is 528. The zero-order valence-corrected chi connectivity index (χ0v) is 11.8. The number of urea groups is 1. The number of likely N-dealkylation sites (tertiary alicyclic amines) is 1. The highest BCUT2D eigenvalue weighted by atomic mass is 16.4. The maximum atomic E-state index is 12.3. The van der Waals surface area contributed by atoms with Crippen molar-refractivity contribution in [3.63, 3.8) is 0 Å². The fourth-order valence-electron chi connectivity index (χ4n) is 2.72. The van der Waals surface area contributed by atoms with Gasteiger partial charge >= 0.3 is 12.0 Å². The predicted molar refractivity (Wildman–Crippen MR) is 77.2 cm³/mol. The van der Waals surface area contributed by atoms with E-state index in [2.05, 4.69) is 12.2 Å². The van der Waals surface area contributed by atoms with Gasteiger partial charge in [-0.2, -0.15) is 0 Å². The van der Waals surface area contributed by atoms with Gasteiger partial charge in [-0.3, -0.25) is 0 Å². The molecule has 5 heteroatoms. The quantitative estimate of drug-likeness (QED) is 0.891. The van der Waals surface area contributed by atoms with Crippen molar-refractivity contribution < 1.29 is 14.7 Å². The first-order valence-electron chi connectivity index (χ1n) is 6.95. The molecule has 1 heterocycles. The zero-order chi connectivity index (χ0) is 14.7. The van der Waals surface area contributed by atoms with E-state index < -0.39 is 5.97 Å². The molecular weight excluding hydrogens is 256 g/mol. The number of nitrogens with zero attached hydrogens (tertiary/aromatic N) is 1. The molecule has 1 aliphatic heterocycles. The summed E-state index contributed by atoms with van der Waals surface area (Å²) in [6, 6.07) is 5.07. The van der Waals surface area contributed by atoms with Crippen LogP contribution in [0.5, 0.6) is 0 Å². The zero-order valence-electron chi connectivity index (χ0n) is 11.8. The van der Waals surface area contributed by atoms with Gasteiger partial charge in [-0.1, -0.05) is 13.0 Å². The first-order valence-corrected chi connectivity index (χ1v) is 6.95. The lowest BCUT2D eigenvalue weighted by Gasteiger charge is -2.24. The molecule has 1 aromatic carbocycles. The molecule has 5 nitrogen and oxygen atoms in total. The third kappa shape index (κ3) is 2.76. The van der Waals surface area contributed by atoms with Crippen molar-refractivity contribution in [1.82, 2.24) is 4.90 Å². The number of carboxylic acid groups (broad SMARTS) is 1. The summed E-state index contributed by atoms with van der Waals surface area (Å²) in [5.74, 6) is -0.980. The van der Waals surface area contributed by atoms with Crippen LogP contribution in [0.4, 0.5) is 10.5 Å². The minimum absolute atomic E-state index is 0.139. The van der Waals surface area contributed by atoms with Crippen molar-refractivity contribution in [2.45, 2.75) is 39.2 Å². The largest absolute Gasteiger partial charge is 0.478 e. The number of rotatable bonds is 3. The third-order valence-corrected chi connectivity index (χ3v) is 3.92. The number of aromatic carboxylic acids is 1. The van der Waals surface area contributed by atoms with Crippen LogP contribution in [0.3, 0.4) is 0 Å². The molecule has 1 aromatic rings. The van der Waals surface area contributed by atoms with Crippen LogP contribution in [0.25, 0.3) is 0 Å². The number of anilines is 1. The minimum atomic E-state index is -0.980. The number of carboxylic acids is 1. The summed E-state index contributed by atoms with van der Waals surface area (Å²) in [5, 5.41) is 11.9. The molecule has 20 heavy (non-hydrogen) atoms. The second-order valence-corrected chi connectivity index (χ2v) is 5.11. The lowest BCUT2D eigenvalue weighted by Crippen LogP contribution is -2.38. The highest BCUT2D eigenvalue weighted by molar-refractivity contribution is 5.95. The van der Waals surface area contributed by atoms with Crippen LogP contribution in [0.2, 0.25) is 0 Å². The van der Waals surface area contributed by atoms with Gasteiger partial charge in [0.25, 0.3) is 0 Å². The molecule has 0 radical (unpaired) electrons. The van der Waals surface area contributed by atoms with E-state index >= 15 is 0 Å². The molecule has 108 valence electrons. The number of carbonyl (C=O) groups excluding carboxylic acids is 1. The smallest absolute Gasteiger partial charge is 0.336 e. The molecule has 0 saturated carbocycles. The summed E-state index contributed by atoms with van der Waals surface area (Å²) in [4.78, 5) is 25.2. The molecule has 1 atom stereocenters. The van der Waals surface area contributed by atoms with E-state index in [1.54, 1.807) is 19.1 Å². The van der Waals surface area contributed by atoms with Gasteiger partial charge < -0.3 is 15.3 Å². The average molecular weight is 276 g/mol. The summed E-state index contributed by atoms with van der Waals surface area (Å²) < 4.78 is 0. The highest BCUT2D eigenvalue weighted by Gasteiger charge is 2.27. The molecule has 1 aliphatic rings. The lowest BCUT2D eigenvalue weighted by atomic mass is 10.1. The monoisotopic (exact) mass is 276 g/mol. The number of carbonyl (C=O) groups is 2. The first kappa shape index (κ1) is 14.4. The van der Waals surface area contributed by atoms with Crippen molar-refractivity contribution in [3.05, 3.63) is 29.3 Å². The molecule has 2 amide bonds. The van der Waals surface area contributed by atoms with E-state index in [1.807, 2.05) is 4.90 Å². The van der Waals surface area contributed by atoms with Crippen LogP contribution >= 0.6 is 0 Å². The topological polar surface area (TPSA) is 69.6 Å². The Hall–Kier alpha value is -2.04. The second kappa shape index (κ2) is 5.94. The summed E-state index contributed by atoms with van der Waals surface area (Å²) in [6.45, 7) is 4.55. The fraction of sp³-hybridized carbons (Fsp3) is 0.467. The fourth-order valence-corrected chi connectivity index (χ4v) is 2.72. The minimum Gasteiger partial charge on any atom is -0.478 e. The maximum absolute atomic E-state index is 12.3. The second-order valence-electron chi connectivity index (χ2n) is 5.11. The van der Waals surface area contributed by atoms with Crippen LogP contribution in [0.15, 0.2) is 18.2 Å². The van der Waals surface area contributed by atoms with Crippen molar-refractivity contribution in [2.24, 2.45) is 0 Å². The Balaban J connectivity index is 2.16. The van der Waals surface area contributed by atoms with E-state index in [1.165, 1.54) is 6.07 Å². The molecule has 0 bridgehead atoms. The lowest BCUT2D eigenvalue weighted by molar-refractivity contribution is 0.0696. The Labute approximate surface area is 118 Å². The Kier molecular flexibility index (Phi) is 4.27. The summed E-state index contributed by atoms with van der Waals surface area (Å²) in [5.41, 5.74) is 1.37. The van der Waals surface area contributed by atoms with Gasteiger partial charge in [0.1, 0.15) is 0 Å². The van der Waals surface area contributed by atoms with E-state index in [9.17, 15) is 9.59 Å². The summed E-state index contributed by atoms with van der Waals surface area (Å²) >= 11 is 0. The van der Waals surface area contributed by atoms with Crippen molar-refractivity contribution in [2.75, 3.05) is 11.9 Å². The number of nitrogens with one attached hydrogen (secondary N) is 1. The normalized spacial score (nSPS) is 18.1. The van der Waals surface area contributed by atoms with E-state index in [0.29, 0.717) is 11.3 Å². The number of amides is 2. The first-order chi connectivity index (χ1) is 9.54. The predicted octanol–water partition coefficient (Wildman–Crippen LogP) is 3.10. The SMILES string of the molecule is CCC1CCCN1C(=O)Nc1cccc(C(=O)O)c1C. The van der Waals surface area contributed by atoms with Crippen LogP contribution in [0, 0.1) is 6.92 Å². The molecule has 1 unspecified atom stereocenters. The standard InChI is InChI=1S/C15H20N2O3/c1-3-11-6-5-9-17(11)15(20)16-13-8-4-7-12(10(13)2)14(18)19/h4,7-8,11H,3,5-6,9H2,1-2H3,(H,16,20)(H,18,19). The molecule has 0 spiro atoms. The van der Waals surface area contributed by atoms with E-state index in [4.69, 9.17) is 5.11 Å². The van der Waals surface area contributed by atoms with Gasteiger partial charge in [-0.25, -0.2) is 9.59 Å². The Morgan fingerprint density at radius 1 is 1.45 bits per heavy atom. The molecule has 2 rings (SSSR count). The van der Waals surface area contributed by atoms with Crippen LogP contribution in [-0.2, 0) is 0 Å².